The normalized spacial score (nSPS) is 12.2. The van der Waals surface area contributed by atoms with E-state index in [0.717, 1.165) is 44.0 Å². The van der Waals surface area contributed by atoms with Crippen LogP contribution in [0.4, 0.5) is 0 Å². The molecule has 4 nitrogen and oxygen atoms in total. The van der Waals surface area contributed by atoms with Crippen molar-refractivity contribution in [3.8, 4) is 28.3 Å². The van der Waals surface area contributed by atoms with E-state index in [1.807, 2.05) is 23.5 Å². The zero-order chi connectivity index (χ0) is 34.6. The van der Waals surface area contributed by atoms with Gasteiger partial charge in [0.25, 0.3) is 0 Å². The molecule has 0 aliphatic heterocycles. The van der Waals surface area contributed by atoms with Crippen LogP contribution in [-0.4, -0.2) is 14.5 Å². The number of furan rings is 1. The first-order valence-electron chi connectivity index (χ1n) is 17.8. The molecule has 0 saturated carbocycles. The first-order chi connectivity index (χ1) is 26.3. The lowest BCUT2D eigenvalue weighted by molar-refractivity contribution is 0.651. The fraction of sp³-hybridized carbons (Fsp3) is 0. The highest BCUT2D eigenvalue weighted by atomic mass is 32.1. The van der Waals surface area contributed by atoms with Gasteiger partial charge in [-0.15, -0.1) is 11.3 Å². The van der Waals surface area contributed by atoms with Crippen molar-refractivity contribution in [2.45, 2.75) is 0 Å². The first-order valence-corrected chi connectivity index (χ1v) is 18.6. The number of aromatic nitrogens is 3. The minimum Gasteiger partial charge on any atom is -0.437 e. The highest BCUT2D eigenvalue weighted by Crippen LogP contribution is 2.48. The molecule has 12 rings (SSSR count). The fourth-order valence-corrected chi connectivity index (χ4v) is 9.72. The summed E-state index contributed by atoms with van der Waals surface area (Å²) >= 11 is 1.84. The number of hydrogen-bond donors (Lipinski definition) is 0. The molecule has 0 aliphatic carbocycles. The predicted molar refractivity (Wildman–Crippen MR) is 222 cm³/mol. The van der Waals surface area contributed by atoms with Gasteiger partial charge in [-0.05, 0) is 63.0 Å². The molecule has 8 aromatic carbocycles. The SMILES string of the molecule is c1ccc(-c2ccc3cc(-c4nc(-n5c6ccccc6c6c7ccccc7c7c8ccccc8sc7c65)nc5oc6ccccc6c45)ccc3c2)cc1. The Morgan fingerprint density at radius 3 is 1.94 bits per heavy atom. The molecule has 0 spiro atoms. The van der Waals surface area contributed by atoms with E-state index in [4.69, 9.17) is 14.4 Å². The zero-order valence-corrected chi connectivity index (χ0v) is 29.1. The van der Waals surface area contributed by atoms with E-state index < -0.39 is 0 Å². The van der Waals surface area contributed by atoms with Crippen LogP contribution in [0.25, 0.3) is 114 Å². The second-order valence-corrected chi connectivity index (χ2v) is 14.8. The Bertz CT molecular complexity index is 3460. The Morgan fingerprint density at radius 1 is 0.472 bits per heavy atom. The Kier molecular flexibility index (Phi) is 5.90. The molecule has 0 atom stereocenters. The second kappa shape index (κ2) is 10.8. The summed E-state index contributed by atoms with van der Waals surface area (Å²) < 4.78 is 11.3. The van der Waals surface area contributed by atoms with Crippen molar-refractivity contribution in [3.05, 3.63) is 164 Å². The van der Waals surface area contributed by atoms with Gasteiger partial charge in [0, 0.05) is 37.2 Å². The molecule has 0 bridgehead atoms. The van der Waals surface area contributed by atoms with Gasteiger partial charge in [-0.1, -0.05) is 133 Å². The summed E-state index contributed by atoms with van der Waals surface area (Å²) in [7, 11) is 0. The largest absolute Gasteiger partial charge is 0.437 e. The number of fused-ring (bicyclic) bond motifs is 14. The van der Waals surface area contributed by atoms with E-state index in [1.165, 1.54) is 58.2 Å². The van der Waals surface area contributed by atoms with Gasteiger partial charge in [0.2, 0.25) is 11.7 Å². The maximum absolute atomic E-state index is 6.57. The van der Waals surface area contributed by atoms with Crippen LogP contribution in [0.3, 0.4) is 0 Å². The number of thiophene rings is 1. The summed E-state index contributed by atoms with van der Waals surface area (Å²) in [6.07, 6.45) is 0. The summed E-state index contributed by atoms with van der Waals surface area (Å²) in [4.78, 5) is 10.8. The number of nitrogens with zero attached hydrogens (tertiary/aromatic N) is 3. The van der Waals surface area contributed by atoms with E-state index in [0.29, 0.717) is 11.7 Å². The molecular formula is C48H27N3OS. The topological polar surface area (TPSA) is 43.9 Å². The lowest BCUT2D eigenvalue weighted by Crippen LogP contribution is -2.03. The molecule has 53 heavy (non-hydrogen) atoms. The second-order valence-electron chi connectivity index (χ2n) is 13.7. The monoisotopic (exact) mass is 693 g/mol. The number of para-hydroxylation sites is 2. The highest BCUT2D eigenvalue weighted by molar-refractivity contribution is 7.27. The molecule has 0 N–H and O–H groups in total. The minimum atomic E-state index is 0.574. The number of rotatable bonds is 3. The maximum Gasteiger partial charge on any atom is 0.238 e. The van der Waals surface area contributed by atoms with Crippen LogP contribution in [0.1, 0.15) is 0 Å². The van der Waals surface area contributed by atoms with Crippen LogP contribution in [0.15, 0.2) is 168 Å². The van der Waals surface area contributed by atoms with Crippen molar-refractivity contribution in [3.63, 3.8) is 0 Å². The van der Waals surface area contributed by atoms with E-state index >= 15 is 0 Å². The fourth-order valence-electron chi connectivity index (χ4n) is 8.46. The van der Waals surface area contributed by atoms with Gasteiger partial charge < -0.3 is 4.42 Å². The van der Waals surface area contributed by atoms with Crippen LogP contribution in [-0.2, 0) is 0 Å². The Balaban J connectivity index is 1.20. The third kappa shape index (κ3) is 4.11. The van der Waals surface area contributed by atoms with E-state index in [-0.39, 0.29) is 0 Å². The zero-order valence-electron chi connectivity index (χ0n) is 28.2. The van der Waals surface area contributed by atoms with Crippen LogP contribution in [0.2, 0.25) is 0 Å². The van der Waals surface area contributed by atoms with Gasteiger partial charge in [-0.3, -0.25) is 4.57 Å². The molecular weight excluding hydrogens is 667 g/mol. The van der Waals surface area contributed by atoms with Crippen molar-refractivity contribution < 1.29 is 4.42 Å². The lowest BCUT2D eigenvalue weighted by atomic mass is 9.98. The quantitative estimate of drug-likeness (QED) is 0.185. The Morgan fingerprint density at radius 2 is 1.11 bits per heavy atom. The first kappa shape index (κ1) is 28.8. The van der Waals surface area contributed by atoms with Crippen molar-refractivity contribution >= 4 is 96.9 Å². The van der Waals surface area contributed by atoms with Crippen molar-refractivity contribution in [2.75, 3.05) is 0 Å². The maximum atomic E-state index is 6.57. The van der Waals surface area contributed by atoms with Gasteiger partial charge in [-0.25, -0.2) is 4.98 Å². The third-order valence-electron chi connectivity index (χ3n) is 10.8. The van der Waals surface area contributed by atoms with Crippen LogP contribution >= 0.6 is 11.3 Å². The summed E-state index contributed by atoms with van der Waals surface area (Å²) in [5, 5.41) is 11.7. The molecule has 0 saturated heterocycles. The molecule has 0 aliphatic rings. The van der Waals surface area contributed by atoms with Crippen LogP contribution in [0, 0.1) is 0 Å². The molecule has 0 radical (unpaired) electrons. The van der Waals surface area contributed by atoms with Crippen molar-refractivity contribution in [1.29, 1.82) is 0 Å². The molecule has 246 valence electrons. The van der Waals surface area contributed by atoms with Crippen LogP contribution < -0.4 is 0 Å². The summed E-state index contributed by atoms with van der Waals surface area (Å²) in [6, 6.07) is 58.3. The van der Waals surface area contributed by atoms with Gasteiger partial charge in [0.05, 0.1) is 26.8 Å². The van der Waals surface area contributed by atoms with Gasteiger partial charge >= 0.3 is 0 Å². The molecule has 4 heterocycles. The molecule has 12 aromatic rings. The van der Waals surface area contributed by atoms with Gasteiger partial charge in [0.1, 0.15) is 5.58 Å². The van der Waals surface area contributed by atoms with E-state index in [2.05, 4.69) is 156 Å². The van der Waals surface area contributed by atoms with E-state index in [1.54, 1.807) is 0 Å². The average Bonchev–Trinajstić information content (AvgIpc) is 3.91. The molecule has 4 aromatic heterocycles. The van der Waals surface area contributed by atoms with Crippen molar-refractivity contribution in [2.24, 2.45) is 0 Å². The summed E-state index contributed by atoms with van der Waals surface area (Å²) in [6.45, 7) is 0. The standard InChI is InChI=1S/C48H27N3OS/c1-2-12-28(13-3-1)29-22-23-31-27-32(25-24-30(31)26-29)44-43-36-17-7-10-20-39(36)52-47(43)50-48(49-44)51-38-19-9-6-16-35(38)41-33-14-4-5-15-34(33)42-37-18-8-11-21-40(37)53-46(42)45(41)51/h1-27H. The average molecular weight is 694 g/mol. The van der Waals surface area contributed by atoms with Crippen LogP contribution in [0.5, 0.6) is 0 Å². The molecule has 0 fully saturated rings. The lowest BCUT2D eigenvalue weighted by Gasteiger charge is -2.12. The van der Waals surface area contributed by atoms with Gasteiger partial charge in [0.15, 0.2) is 0 Å². The minimum absolute atomic E-state index is 0.574. The molecule has 0 amide bonds. The van der Waals surface area contributed by atoms with E-state index in [9.17, 15) is 0 Å². The Hall–Kier alpha value is -6.82. The van der Waals surface area contributed by atoms with Gasteiger partial charge in [-0.2, -0.15) is 4.98 Å². The van der Waals surface area contributed by atoms with Crippen molar-refractivity contribution in [1.82, 2.24) is 14.5 Å². The Labute approximate surface area is 306 Å². The molecule has 0 unspecified atom stereocenters. The number of hydrogen-bond acceptors (Lipinski definition) is 4. The summed E-state index contributed by atoms with van der Waals surface area (Å²) in [5.41, 5.74) is 7.82. The summed E-state index contributed by atoms with van der Waals surface area (Å²) in [5.74, 6) is 0.589. The third-order valence-corrected chi connectivity index (χ3v) is 12.0. The molecule has 5 heteroatoms. The highest BCUT2D eigenvalue weighted by Gasteiger charge is 2.25. The smallest absolute Gasteiger partial charge is 0.238 e. The predicted octanol–water partition coefficient (Wildman–Crippen LogP) is 13.5. The number of benzene rings is 8.